The molecule has 39 heavy (non-hydrogen) atoms. The maximum atomic E-state index is 3.22. The molecule has 6 aromatic rings. The number of rotatable bonds is 3. The summed E-state index contributed by atoms with van der Waals surface area (Å²) in [6.07, 6.45) is 0. The van der Waals surface area contributed by atoms with E-state index in [0.717, 1.165) is 33.4 Å². The van der Waals surface area contributed by atoms with Crippen LogP contribution in [0.15, 0.2) is 133 Å². The molecule has 0 radical (unpaired) electrons. The molecule has 0 bridgehead atoms. The maximum Gasteiger partial charge on any atom is 6.00 e. The van der Waals surface area contributed by atoms with Gasteiger partial charge in [-0.2, -0.15) is 133 Å². The van der Waals surface area contributed by atoms with Gasteiger partial charge < -0.3 is 0 Å². The Hall–Kier alpha value is -4.06. The van der Waals surface area contributed by atoms with Crippen LogP contribution in [0, 0.1) is 50.2 Å². The van der Waals surface area contributed by atoms with Gasteiger partial charge in [0.05, 0.1) is 0 Å². The Kier molecular flexibility index (Phi) is 12.1. The fourth-order valence-corrected chi connectivity index (χ4v) is 3.72. The summed E-state index contributed by atoms with van der Waals surface area (Å²) in [7, 11) is 0. The largest absolute Gasteiger partial charge is 6.00 e. The third-order valence-electron chi connectivity index (χ3n) is 5.62. The zero-order valence-electron chi connectivity index (χ0n) is 22.1. The van der Waals surface area contributed by atoms with Crippen molar-refractivity contribution < 1.29 is 19.5 Å². The van der Waals surface area contributed by atoms with E-state index in [1.54, 1.807) is 0 Å². The van der Waals surface area contributed by atoms with Crippen molar-refractivity contribution in [2.45, 2.75) is 13.8 Å². The molecule has 0 aliphatic carbocycles. The van der Waals surface area contributed by atoms with Crippen LogP contribution in [-0.2, 0) is 19.5 Å². The summed E-state index contributed by atoms with van der Waals surface area (Å²) < 4.78 is 0. The predicted molar refractivity (Wildman–Crippen MR) is 158 cm³/mol. The van der Waals surface area contributed by atoms with Crippen molar-refractivity contribution in [2.75, 3.05) is 0 Å². The molecule has 6 rings (SSSR count). The van der Waals surface area contributed by atoms with Crippen LogP contribution < -0.4 is 0 Å². The van der Waals surface area contributed by atoms with Crippen molar-refractivity contribution in [3.63, 3.8) is 0 Å². The van der Waals surface area contributed by atoms with Crippen LogP contribution in [0.1, 0.15) is 11.1 Å². The fraction of sp³-hybridized carbons (Fsp3) is 0.0526. The molecular formula is C38H28Ru. The Morgan fingerprint density at radius 2 is 0.615 bits per heavy atom. The second kappa shape index (κ2) is 16.0. The molecule has 188 valence electrons. The van der Waals surface area contributed by atoms with Crippen molar-refractivity contribution in [3.8, 4) is 33.4 Å². The van der Waals surface area contributed by atoms with Crippen LogP contribution in [0.25, 0.3) is 33.4 Å². The molecule has 0 atom stereocenters. The zero-order chi connectivity index (χ0) is 26.4. The fourth-order valence-electron chi connectivity index (χ4n) is 3.72. The molecule has 0 saturated heterocycles. The van der Waals surface area contributed by atoms with Crippen molar-refractivity contribution in [1.29, 1.82) is 0 Å². The maximum absolute atomic E-state index is 3.22. The topological polar surface area (TPSA) is 0 Å². The van der Waals surface area contributed by atoms with E-state index < -0.39 is 0 Å². The van der Waals surface area contributed by atoms with E-state index in [1.165, 1.54) is 11.1 Å². The number of aryl methyl sites for hydroxylation is 2. The normalized spacial score (nSPS) is 9.59. The van der Waals surface area contributed by atoms with Gasteiger partial charge in [-0.3, -0.25) is 0 Å². The average Bonchev–Trinajstić information content (AvgIpc) is 3.00. The van der Waals surface area contributed by atoms with Gasteiger partial charge in [0, 0.05) is 0 Å². The van der Waals surface area contributed by atoms with Crippen LogP contribution in [0.4, 0.5) is 0 Å². The molecule has 0 fully saturated rings. The minimum absolute atomic E-state index is 0. The first-order valence-electron chi connectivity index (χ1n) is 12.5. The second-order valence-electron chi connectivity index (χ2n) is 8.66. The van der Waals surface area contributed by atoms with Crippen LogP contribution in [0.2, 0.25) is 0 Å². The summed E-state index contributed by atoms with van der Waals surface area (Å²) in [6, 6.07) is 63.0. The Labute approximate surface area is 246 Å². The first kappa shape index (κ1) is 29.5. The van der Waals surface area contributed by atoms with Crippen molar-refractivity contribution in [2.24, 2.45) is 0 Å². The zero-order valence-corrected chi connectivity index (χ0v) is 23.8. The summed E-state index contributed by atoms with van der Waals surface area (Å²) in [5.74, 6) is 0. The molecule has 1 heteroatoms. The molecule has 0 aliphatic rings. The van der Waals surface area contributed by atoms with Gasteiger partial charge in [0.15, 0.2) is 0 Å². The molecule has 0 amide bonds. The summed E-state index contributed by atoms with van der Waals surface area (Å²) in [5, 5.41) is 0. The van der Waals surface area contributed by atoms with Gasteiger partial charge in [-0.05, 0) is 0 Å². The molecule has 0 nitrogen and oxygen atoms in total. The van der Waals surface area contributed by atoms with Crippen molar-refractivity contribution in [3.05, 3.63) is 181 Å². The quantitative estimate of drug-likeness (QED) is 0.143. The molecule has 0 heterocycles. The first-order chi connectivity index (χ1) is 18.7. The molecule has 0 aromatic heterocycles. The second-order valence-corrected chi connectivity index (χ2v) is 8.66. The Morgan fingerprint density at radius 1 is 0.333 bits per heavy atom. The predicted octanol–water partition coefficient (Wildman–Crippen LogP) is 9.48. The minimum Gasteiger partial charge on any atom is -0.226 e. The molecule has 0 saturated carbocycles. The Morgan fingerprint density at radius 3 is 0.846 bits per heavy atom. The van der Waals surface area contributed by atoms with Crippen LogP contribution in [0.5, 0.6) is 0 Å². The molecule has 0 spiro atoms. The van der Waals surface area contributed by atoms with Gasteiger partial charge in [-0.25, -0.2) is 33.4 Å². The summed E-state index contributed by atoms with van der Waals surface area (Å²) in [4.78, 5) is 0. The molecule has 0 N–H and O–H groups in total. The van der Waals surface area contributed by atoms with E-state index in [4.69, 9.17) is 0 Å². The molecule has 0 aliphatic heterocycles. The van der Waals surface area contributed by atoms with E-state index >= 15 is 0 Å². The number of benzene rings is 6. The molecular weight excluding hydrogens is 557 g/mol. The number of hydrogen-bond donors (Lipinski definition) is 0. The van der Waals surface area contributed by atoms with Gasteiger partial charge >= 0.3 is 19.5 Å². The Balaban J connectivity index is 0.000000160. The summed E-state index contributed by atoms with van der Waals surface area (Å²) in [6.45, 7) is 4.18. The van der Waals surface area contributed by atoms with E-state index in [1.807, 2.05) is 109 Å². The summed E-state index contributed by atoms with van der Waals surface area (Å²) in [5.41, 5.74) is 9.14. The van der Waals surface area contributed by atoms with Gasteiger partial charge in [0.2, 0.25) is 0 Å². The van der Waals surface area contributed by atoms with E-state index in [0.29, 0.717) is 0 Å². The first-order valence-corrected chi connectivity index (χ1v) is 12.5. The van der Waals surface area contributed by atoms with E-state index in [2.05, 4.69) is 74.5 Å². The summed E-state index contributed by atoms with van der Waals surface area (Å²) >= 11 is 0. The number of hydrogen-bond acceptors (Lipinski definition) is 0. The van der Waals surface area contributed by atoms with Gasteiger partial charge in [-0.1, -0.05) is 13.8 Å². The van der Waals surface area contributed by atoms with Gasteiger partial charge in [0.1, 0.15) is 0 Å². The van der Waals surface area contributed by atoms with Crippen LogP contribution >= 0.6 is 0 Å². The monoisotopic (exact) mass is 586 g/mol. The smallest absolute Gasteiger partial charge is 0.226 e. The van der Waals surface area contributed by atoms with Crippen molar-refractivity contribution in [1.82, 2.24) is 0 Å². The average molecular weight is 586 g/mol. The van der Waals surface area contributed by atoms with Crippen LogP contribution in [-0.4, -0.2) is 0 Å². The van der Waals surface area contributed by atoms with E-state index in [9.17, 15) is 0 Å². The third-order valence-corrected chi connectivity index (χ3v) is 5.62. The molecule has 6 aromatic carbocycles. The van der Waals surface area contributed by atoms with E-state index in [-0.39, 0.29) is 19.5 Å². The van der Waals surface area contributed by atoms with Crippen molar-refractivity contribution >= 4 is 0 Å². The minimum atomic E-state index is 0. The van der Waals surface area contributed by atoms with Crippen LogP contribution in [0.3, 0.4) is 0 Å². The Bertz CT molecular complexity index is 1300. The molecule has 0 unspecified atom stereocenters. The van der Waals surface area contributed by atoms with Gasteiger partial charge in [-0.15, -0.1) is 47.5 Å². The third kappa shape index (κ3) is 9.64. The SMILES string of the molecule is Cc1cc[c-]c(-c2[c-]ccc(C)c2)c1.[Ru+6].[c-]1ccccc1-c1[c-]cccc1.[c-]1ccccc1-c1[c-]cccc1. The standard InChI is InChI=1S/C14H12.2C12H8.Ru/c1-11-5-3-7-13(9-11)14-8-4-6-12(2)10-14;2*1-3-7-11(8-4-1)12-9-5-2-6-10-12;/h3-6,9-10H,1-2H3;2*1-7,9H;/q3*-2;+6. The van der Waals surface area contributed by atoms with Gasteiger partial charge in [0.25, 0.3) is 0 Å².